The van der Waals surface area contributed by atoms with Gasteiger partial charge in [-0.05, 0) is 36.9 Å². The Balaban J connectivity index is 1.40. The zero-order valence-corrected chi connectivity index (χ0v) is 18.6. The summed E-state index contributed by atoms with van der Waals surface area (Å²) in [6, 6.07) is 15.8. The van der Waals surface area contributed by atoms with Crippen LogP contribution in [0.15, 0.2) is 52.8 Å². The molecule has 4 rings (SSSR count). The lowest BCUT2D eigenvalue weighted by atomic mass is 10.2. The summed E-state index contributed by atoms with van der Waals surface area (Å²) < 4.78 is 5.56. The molecule has 2 aromatic rings. The van der Waals surface area contributed by atoms with Crippen LogP contribution in [0, 0.1) is 0 Å². The number of guanidine groups is 1. The van der Waals surface area contributed by atoms with Crippen molar-refractivity contribution in [1.82, 2.24) is 15.5 Å². The molecule has 2 fully saturated rings. The molecule has 2 aliphatic rings. The van der Waals surface area contributed by atoms with Crippen molar-refractivity contribution < 1.29 is 4.74 Å². The van der Waals surface area contributed by atoms with E-state index >= 15 is 0 Å². The van der Waals surface area contributed by atoms with E-state index in [4.69, 9.17) is 9.73 Å². The second-order valence-electron chi connectivity index (χ2n) is 7.81. The van der Waals surface area contributed by atoms with Crippen molar-refractivity contribution >= 4 is 23.0 Å². The standard InChI is InChI=1S/C23H33N5OS/c1-2-24-23(26-19-10-11-28(18-19)20-7-4-3-5-8-20)25-17-21(22-9-6-16-30-22)27-12-14-29-15-13-27/h3-9,16,19,21H,2,10-15,17-18H2,1H3,(H2,24,25,26). The molecule has 0 amide bonds. The maximum atomic E-state index is 5.56. The van der Waals surface area contributed by atoms with Crippen molar-refractivity contribution in [2.24, 2.45) is 4.99 Å². The molecule has 3 heterocycles. The van der Waals surface area contributed by atoms with Crippen LogP contribution < -0.4 is 15.5 Å². The molecule has 0 spiro atoms. The van der Waals surface area contributed by atoms with E-state index in [-0.39, 0.29) is 0 Å². The summed E-state index contributed by atoms with van der Waals surface area (Å²) in [6.45, 7) is 9.38. The first kappa shape index (κ1) is 21.2. The van der Waals surface area contributed by atoms with Crippen LogP contribution in [0.4, 0.5) is 5.69 Å². The number of para-hydroxylation sites is 1. The van der Waals surface area contributed by atoms with E-state index < -0.39 is 0 Å². The Morgan fingerprint density at radius 1 is 1.17 bits per heavy atom. The summed E-state index contributed by atoms with van der Waals surface area (Å²) in [5.74, 6) is 0.923. The number of anilines is 1. The van der Waals surface area contributed by atoms with Crippen LogP contribution in [0.3, 0.4) is 0 Å². The molecule has 0 aliphatic carbocycles. The minimum atomic E-state index is 0.314. The molecule has 7 heteroatoms. The fourth-order valence-electron chi connectivity index (χ4n) is 4.20. The molecular formula is C23H33N5OS. The van der Waals surface area contributed by atoms with Crippen molar-refractivity contribution in [3.8, 4) is 0 Å². The average molecular weight is 428 g/mol. The Labute approximate surface area is 183 Å². The number of nitrogens with one attached hydrogen (secondary N) is 2. The molecule has 0 saturated carbocycles. The molecule has 6 nitrogen and oxygen atoms in total. The van der Waals surface area contributed by atoms with Gasteiger partial charge in [0.25, 0.3) is 0 Å². The predicted molar refractivity (Wildman–Crippen MR) is 126 cm³/mol. The van der Waals surface area contributed by atoms with Gasteiger partial charge in [-0.3, -0.25) is 9.89 Å². The number of aliphatic imine (C=N–C) groups is 1. The Morgan fingerprint density at radius 3 is 2.73 bits per heavy atom. The molecule has 0 bridgehead atoms. The van der Waals surface area contributed by atoms with Crippen LogP contribution in [0.1, 0.15) is 24.3 Å². The monoisotopic (exact) mass is 427 g/mol. The second-order valence-corrected chi connectivity index (χ2v) is 8.79. The van der Waals surface area contributed by atoms with Crippen molar-refractivity contribution in [2.45, 2.75) is 25.4 Å². The van der Waals surface area contributed by atoms with Crippen LogP contribution >= 0.6 is 11.3 Å². The van der Waals surface area contributed by atoms with Gasteiger partial charge in [-0.2, -0.15) is 0 Å². The lowest BCUT2D eigenvalue weighted by Gasteiger charge is -2.33. The molecule has 2 saturated heterocycles. The summed E-state index contributed by atoms with van der Waals surface area (Å²) in [5.41, 5.74) is 1.30. The van der Waals surface area contributed by atoms with Gasteiger partial charge in [-0.1, -0.05) is 24.3 Å². The number of morpholine rings is 1. The molecular weight excluding hydrogens is 394 g/mol. The SMILES string of the molecule is CCNC(=NCC(c1cccs1)N1CCOCC1)NC1CCN(c2ccccc2)C1. The van der Waals surface area contributed by atoms with E-state index in [1.807, 2.05) is 11.3 Å². The van der Waals surface area contributed by atoms with Gasteiger partial charge in [-0.15, -0.1) is 11.3 Å². The van der Waals surface area contributed by atoms with Crippen molar-refractivity contribution in [1.29, 1.82) is 0 Å². The van der Waals surface area contributed by atoms with E-state index in [0.29, 0.717) is 12.1 Å². The minimum absolute atomic E-state index is 0.314. The van der Waals surface area contributed by atoms with E-state index in [9.17, 15) is 0 Å². The normalized spacial score (nSPS) is 21.6. The number of hydrogen-bond donors (Lipinski definition) is 2. The topological polar surface area (TPSA) is 52.1 Å². The van der Waals surface area contributed by atoms with Gasteiger partial charge < -0.3 is 20.3 Å². The molecule has 0 radical (unpaired) electrons. The number of benzene rings is 1. The Hall–Kier alpha value is -2.09. The fourth-order valence-corrected chi connectivity index (χ4v) is 5.05. The van der Waals surface area contributed by atoms with Crippen LogP contribution in [-0.4, -0.2) is 69.4 Å². The summed E-state index contributed by atoms with van der Waals surface area (Å²) in [6.07, 6.45) is 1.12. The zero-order valence-electron chi connectivity index (χ0n) is 17.8. The van der Waals surface area contributed by atoms with Gasteiger partial charge in [0.1, 0.15) is 0 Å². The Morgan fingerprint density at radius 2 is 2.00 bits per heavy atom. The van der Waals surface area contributed by atoms with Gasteiger partial charge >= 0.3 is 0 Å². The summed E-state index contributed by atoms with van der Waals surface area (Å²) in [7, 11) is 0. The highest BCUT2D eigenvalue weighted by Crippen LogP contribution is 2.26. The zero-order chi connectivity index (χ0) is 20.6. The van der Waals surface area contributed by atoms with E-state index in [1.54, 1.807) is 0 Å². The van der Waals surface area contributed by atoms with Gasteiger partial charge in [0.15, 0.2) is 5.96 Å². The first-order valence-electron chi connectivity index (χ1n) is 11.0. The van der Waals surface area contributed by atoms with Crippen LogP contribution in [-0.2, 0) is 4.74 Å². The molecule has 2 N–H and O–H groups in total. The molecule has 2 unspecified atom stereocenters. The third kappa shape index (κ3) is 5.53. The first-order valence-corrected chi connectivity index (χ1v) is 11.9. The number of rotatable bonds is 7. The Bertz CT molecular complexity index is 776. The number of thiophene rings is 1. The maximum absolute atomic E-state index is 5.56. The highest BCUT2D eigenvalue weighted by Gasteiger charge is 2.25. The molecule has 2 aliphatic heterocycles. The highest BCUT2D eigenvalue weighted by molar-refractivity contribution is 7.10. The van der Waals surface area contributed by atoms with Crippen molar-refractivity contribution in [2.75, 3.05) is 57.4 Å². The van der Waals surface area contributed by atoms with Gasteiger partial charge in [-0.25, -0.2) is 0 Å². The maximum Gasteiger partial charge on any atom is 0.191 e. The number of hydrogen-bond acceptors (Lipinski definition) is 5. The lowest BCUT2D eigenvalue weighted by Crippen LogP contribution is -2.45. The quantitative estimate of drug-likeness (QED) is 0.526. The summed E-state index contributed by atoms with van der Waals surface area (Å²) in [4.78, 5) is 11.3. The fraction of sp³-hybridized carbons (Fsp3) is 0.522. The summed E-state index contributed by atoms with van der Waals surface area (Å²) >= 11 is 1.82. The van der Waals surface area contributed by atoms with Crippen molar-refractivity contribution in [3.05, 3.63) is 52.7 Å². The average Bonchev–Trinajstić information content (AvgIpc) is 3.48. The smallest absolute Gasteiger partial charge is 0.191 e. The third-order valence-corrected chi connectivity index (χ3v) is 6.75. The van der Waals surface area contributed by atoms with E-state index in [1.165, 1.54) is 10.6 Å². The summed E-state index contributed by atoms with van der Waals surface area (Å²) in [5, 5.41) is 9.29. The number of ether oxygens (including phenoxy) is 1. The van der Waals surface area contributed by atoms with Crippen molar-refractivity contribution in [3.63, 3.8) is 0 Å². The molecule has 30 heavy (non-hydrogen) atoms. The second kappa shape index (κ2) is 10.8. The number of nitrogens with zero attached hydrogens (tertiary/aromatic N) is 3. The van der Waals surface area contributed by atoms with E-state index in [0.717, 1.165) is 64.9 Å². The molecule has 1 aromatic heterocycles. The highest BCUT2D eigenvalue weighted by atomic mass is 32.1. The van der Waals surface area contributed by atoms with Gasteiger partial charge in [0.2, 0.25) is 0 Å². The van der Waals surface area contributed by atoms with Crippen LogP contribution in [0.5, 0.6) is 0 Å². The third-order valence-electron chi connectivity index (χ3n) is 5.78. The van der Waals surface area contributed by atoms with Crippen LogP contribution in [0.2, 0.25) is 0 Å². The van der Waals surface area contributed by atoms with Gasteiger partial charge in [0.05, 0.1) is 25.8 Å². The van der Waals surface area contributed by atoms with Gasteiger partial charge in [0, 0.05) is 49.3 Å². The molecule has 2 atom stereocenters. The predicted octanol–water partition coefficient (Wildman–Crippen LogP) is 2.96. The van der Waals surface area contributed by atoms with Crippen LogP contribution in [0.25, 0.3) is 0 Å². The largest absolute Gasteiger partial charge is 0.379 e. The minimum Gasteiger partial charge on any atom is -0.379 e. The molecule has 1 aromatic carbocycles. The Kier molecular flexibility index (Phi) is 7.61. The molecule has 162 valence electrons. The van der Waals surface area contributed by atoms with E-state index in [2.05, 4.69) is 75.2 Å². The first-order chi connectivity index (χ1) is 14.8. The lowest BCUT2D eigenvalue weighted by molar-refractivity contribution is 0.0186.